The summed E-state index contributed by atoms with van der Waals surface area (Å²) in [7, 11) is 0. The number of phenolic OH excluding ortho intramolecular Hbond substituents is 1. The zero-order valence-electron chi connectivity index (χ0n) is 15.2. The minimum Gasteiger partial charge on any atom is -0.507 e. The van der Waals surface area contributed by atoms with Crippen LogP contribution in [-0.4, -0.2) is 42.9 Å². The summed E-state index contributed by atoms with van der Waals surface area (Å²) in [6, 6.07) is 5.65. The number of nitrogens with one attached hydrogen (secondary N) is 1. The quantitative estimate of drug-likeness (QED) is 0.733. The van der Waals surface area contributed by atoms with Gasteiger partial charge in [0, 0.05) is 36.1 Å². The zero-order chi connectivity index (χ0) is 19.1. The van der Waals surface area contributed by atoms with Gasteiger partial charge in [-0.2, -0.15) is 0 Å². The van der Waals surface area contributed by atoms with E-state index in [1.54, 1.807) is 37.1 Å². The zero-order valence-corrected chi connectivity index (χ0v) is 15.2. The van der Waals surface area contributed by atoms with E-state index in [0.29, 0.717) is 23.0 Å². The van der Waals surface area contributed by atoms with Crippen molar-refractivity contribution in [3.63, 3.8) is 0 Å². The van der Waals surface area contributed by atoms with E-state index in [1.165, 1.54) is 0 Å². The molecule has 5 rings (SSSR count). The molecule has 142 valence electrons. The molecule has 0 spiro atoms. The number of benzene rings is 1. The Morgan fingerprint density at radius 2 is 2.14 bits per heavy atom. The van der Waals surface area contributed by atoms with E-state index in [2.05, 4.69) is 20.3 Å². The van der Waals surface area contributed by atoms with E-state index < -0.39 is 6.17 Å². The molecule has 0 saturated carbocycles. The first-order valence-corrected chi connectivity index (χ1v) is 9.42. The van der Waals surface area contributed by atoms with Gasteiger partial charge in [-0.3, -0.25) is 9.97 Å². The number of halogens is 1. The van der Waals surface area contributed by atoms with Gasteiger partial charge in [0.05, 0.1) is 35.8 Å². The van der Waals surface area contributed by atoms with Gasteiger partial charge in [-0.15, -0.1) is 0 Å². The Bertz CT molecular complexity index is 1020. The molecule has 0 radical (unpaired) electrons. The normalized spacial score (nSPS) is 25.3. The summed E-state index contributed by atoms with van der Waals surface area (Å²) in [5.41, 5.74) is 3.40. The molecule has 1 aromatic carbocycles. The first-order valence-electron chi connectivity index (χ1n) is 9.42. The van der Waals surface area contributed by atoms with E-state index in [-0.39, 0.29) is 11.8 Å². The number of piperidine rings is 1. The lowest BCUT2D eigenvalue weighted by Gasteiger charge is -2.27. The number of rotatable bonds is 3. The van der Waals surface area contributed by atoms with E-state index in [1.807, 2.05) is 22.9 Å². The number of fused-ring (bicyclic) bond motifs is 2. The van der Waals surface area contributed by atoms with Gasteiger partial charge < -0.3 is 15.0 Å². The smallest absolute Gasteiger partial charge is 0.137 e. The molecule has 2 bridgehead atoms. The molecular weight excluding hydrogens is 357 g/mol. The number of alkyl halides is 1. The van der Waals surface area contributed by atoms with Crippen LogP contribution in [0.1, 0.15) is 25.0 Å². The molecule has 0 aliphatic carbocycles. The monoisotopic (exact) mass is 377 g/mol. The van der Waals surface area contributed by atoms with Crippen molar-refractivity contribution in [3.8, 4) is 22.7 Å². The SMILES string of the molecule is Oc1cc(-n2ccnc2)ccc1-c1cnc(/C=C2/CC3CCC(N3)[C@H]2F)cn1. The molecule has 0 amide bonds. The van der Waals surface area contributed by atoms with Gasteiger partial charge in [0.25, 0.3) is 0 Å². The second-order valence-electron chi connectivity index (χ2n) is 7.37. The lowest BCUT2D eigenvalue weighted by atomic mass is 9.96. The van der Waals surface area contributed by atoms with E-state index in [0.717, 1.165) is 30.5 Å². The van der Waals surface area contributed by atoms with Crippen LogP contribution in [0, 0.1) is 0 Å². The van der Waals surface area contributed by atoms with E-state index in [9.17, 15) is 9.50 Å². The lowest BCUT2D eigenvalue weighted by molar-refractivity contribution is 0.270. The maximum atomic E-state index is 14.6. The standard InChI is InChI=1S/C21H20FN5O/c22-21-13(7-14-1-4-18(21)26-14)8-15-10-25-19(11-24-15)17-3-2-16(9-20(17)28)27-6-5-23-12-27/h2-3,5-6,8-12,14,18,21,26,28H,1,4,7H2/b13-8-/t14?,18?,21-/m0/s1. The topological polar surface area (TPSA) is 75.9 Å². The van der Waals surface area contributed by atoms with Gasteiger partial charge >= 0.3 is 0 Å². The predicted octanol–water partition coefficient (Wildman–Crippen LogP) is 3.28. The van der Waals surface area contributed by atoms with Crippen LogP contribution >= 0.6 is 0 Å². The Balaban J connectivity index is 1.39. The van der Waals surface area contributed by atoms with Crippen LogP contribution in [0.15, 0.2) is 54.9 Å². The van der Waals surface area contributed by atoms with Crippen molar-refractivity contribution in [2.45, 2.75) is 37.5 Å². The summed E-state index contributed by atoms with van der Waals surface area (Å²) >= 11 is 0. The Hall–Kier alpha value is -3.06. The summed E-state index contributed by atoms with van der Waals surface area (Å²) in [5, 5.41) is 13.7. The van der Waals surface area contributed by atoms with Crippen LogP contribution in [0.4, 0.5) is 4.39 Å². The lowest BCUT2D eigenvalue weighted by Crippen LogP contribution is -2.42. The van der Waals surface area contributed by atoms with Crippen molar-refractivity contribution in [3.05, 3.63) is 60.6 Å². The summed E-state index contributed by atoms with van der Waals surface area (Å²) in [6.07, 6.45) is 11.9. The summed E-state index contributed by atoms with van der Waals surface area (Å²) in [5.74, 6) is 0.116. The highest BCUT2D eigenvalue weighted by Gasteiger charge is 2.38. The predicted molar refractivity (Wildman–Crippen MR) is 104 cm³/mol. The van der Waals surface area contributed by atoms with Crippen LogP contribution in [0.25, 0.3) is 23.0 Å². The second kappa shape index (κ2) is 6.83. The Morgan fingerprint density at radius 3 is 2.89 bits per heavy atom. The number of aromatic nitrogens is 4. The molecule has 2 N–H and O–H groups in total. The van der Waals surface area contributed by atoms with Gasteiger partial charge in [-0.05, 0) is 43.0 Å². The van der Waals surface area contributed by atoms with Crippen molar-refractivity contribution < 1.29 is 9.50 Å². The van der Waals surface area contributed by atoms with Crippen LogP contribution < -0.4 is 5.32 Å². The van der Waals surface area contributed by atoms with Gasteiger partial charge in [0.2, 0.25) is 0 Å². The number of aromatic hydroxyl groups is 1. The Kier molecular flexibility index (Phi) is 4.16. The van der Waals surface area contributed by atoms with Gasteiger partial charge in [0.1, 0.15) is 11.9 Å². The maximum Gasteiger partial charge on any atom is 0.137 e. The van der Waals surface area contributed by atoms with Gasteiger partial charge in [-0.25, -0.2) is 9.37 Å². The molecule has 2 fully saturated rings. The van der Waals surface area contributed by atoms with Crippen molar-refractivity contribution in [1.82, 2.24) is 24.8 Å². The fourth-order valence-electron chi connectivity index (χ4n) is 4.09. The van der Waals surface area contributed by atoms with E-state index >= 15 is 0 Å². The summed E-state index contributed by atoms with van der Waals surface area (Å²) < 4.78 is 16.4. The average molecular weight is 377 g/mol. The molecule has 2 aliphatic rings. The third kappa shape index (κ3) is 3.07. The van der Waals surface area contributed by atoms with Gasteiger partial charge in [0.15, 0.2) is 0 Å². The molecule has 3 aromatic rings. The second-order valence-corrected chi connectivity index (χ2v) is 7.37. The molecule has 3 atom stereocenters. The van der Waals surface area contributed by atoms with Gasteiger partial charge in [-0.1, -0.05) is 0 Å². The Labute approximate surface area is 161 Å². The number of phenols is 1. The molecule has 2 saturated heterocycles. The van der Waals surface area contributed by atoms with Crippen LogP contribution in [0.3, 0.4) is 0 Å². The number of hydrogen-bond donors (Lipinski definition) is 2. The third-order valence-electron chi connectivity index (χ3n) is 5.53. The van der Waals surface area contributed by atoms with Crippen LogP contribution in [0.5, 0.6) is 5.75 Å². The number of nitrogens with zero attached hydrogens (tertiary/aromatic N) is 4. The fraction of sp³-hybridized carbons (Fsp3) is 0.286. The minimum absolute atomic E-state index is 0.0665. The number of hydrogen-bond acceptors (Lipinski definition) is 5. The first-order chi connectivity index (χ1) is 13.7. The molecule has 6 nitrogen and oxygen atoms in total. The fourth-order valence-corrected chi connectivity index (χ4v) is 4.09. The molecule has 28 heavy (non-hydrogen) atoms. The minimum atomic E-state index is -0.958. The highest BCUT2D eigenvalue weighted by Crippen LogP contribution is 2.34. The average Bonchev–Trinajstić information content (AvgIpc) is 3.37. The molecule has 4 heterocycles. The third-order valence-corrected chi connectivity index (χ3v) is 5.53. The van der Waals surface area contributed by atoms with Crippen LogP contribution in [0.2, 0.25) is 0 Å². The molecular formula is C21H20FN5O. The summed E-state index contributed by atoms with van der Waals surface area (Å²) in [4.78, 5) is 12.8. The molecule has 2 unspecified atom stereocenters. The van der Waals surface area contributed by atoms with Crippen molar-refractivity contribution in [2.24, 2.45) is 0 Å². The molecule has 2 aliphatic heterocycles. The largest absolute Gasteiger partial charge is 0.507 e. The highest BCUT2D eigenvalue weighted by atomic mass is 19.1. The van der Waals surface area contributed by atoms with Crippen molar-refractivity contribution >= 4 is 6.08 Å². The van der Waals surface area contributed by atoms with Crippen LogP contribution in [-0.2, 0) is 0 Å². The van der Waals surface area contributed by atoms with Crippen molar-refractivity contribution in [1.29, 1.82) is 0 Å². The summed E-state index contributed by atoms with van der Waals surface area (Å²) in [6.45, 7) is 0. The highest BCUT2D eigenvalue weighted by molar-refractivity contribution is 5.68. The Morgan fingerprint density at radius 1 is 1.21 bits per heavy atom. The first kappa shape index (κ1) is 17.1. The molecule has 7 heteroatoms. The van der Waals surface area contributed by atoms with Crippen molar-refractivity contribution in [2.75, 3.05) is 0 Å². The molecule has 2 aromatic heterocycles. The maximum absolute atomic E-state index is 14.6. The number of imidazole rings is 1. The van der Waals surface area contributed by atoms with E-state index in [4.69, 9.17) is 0 Å².